The summed E-state index contributed by atoms with van der Waals surface area (Å²) < 4.78 is 17.0. The average molecular weight is 1160 g/mol. The molecule has 0 aromatic rings. The third-order valence-electron chi connectivity index (χ3n) is 16.2. The van der Waals surface area contributed by atoms with E-state index in [9.17, 15) is 14.4 Å². The lowest BCUT2D eigenvalue weighted by Crippen LogP contribution is -2.30. The van der Waals surface area contributed by atoms with E-state index in [0.29, 0.717) is 19.3 Å². The minimum atomic E-state index is -0.781. The van der Waals surface area contributed by atoms with Crippen LogP contribution in [0.4, 0.5) is 0 Å². The lowest BCUT2D eigenvalue weighted by molar-refractivity contribution is -0.167. The predicted molar refractivity (Wildman–Crippen MR) is 362 cm³/mol. The van der Waals surface area contributed by atoms with Crippen LogP contribution in [0.3, 0.4) is 0 Å². The van der Waals surface area contributed by atoms with Gasteiger partial charge in [0, 0.05) is 19.3 Å². The third-order valence-corrected chi connectivity index (χ3v) is 16.2. The second kappa shape index (κ2) is 71.3. The third kappa shape index (κ3) is 69.5. The Balaban J connectivity index is 4.31. The highest BCUT2D eigenvalue weighted by atomic mass is 16.6. The zero-order valence-corrected chi connectivity index (χ0v) is 55.5. The second-order valence-electron chi connectivity index (χ2n) is 24.5. The van der Waals surface area contributed by atoms with Crippen molar-refractivity contribution in [2.45, 2.75) is 386 Å². The molecule has 1 unspecified atom stereocenters. The van der Waals surface area contributed by atoms with E-state index < -0.39 is 6.10 Å². The van der Waals surface area contributed by atoms with Crippen LogP contribution >= 0.6 is 0 Å². The van der Waals surface area contributed by atoms with Gasteiger partial charge in [-0.3, -0.25) is 14.4 Å². The van der Waals surface area contributed by atoms with Gasteiger partial charge in [-0.15, -0.1) is 0 Å². The van der Waals surface area contributed by atoms with E-state index >= 15 is 0 Å². The van der Waals surface area contributed by atoms with Crippen molar-refractivity contribution < 1.29 is 28.6 Å². The molecular weight excluding hydrogens is 1020 g/mol. The molecular formula is C77H138O6. The maximum absolute atomic E-state index is 13.0. The Morgan fingerprint density at radius 3 is 0.687 bits per heavy atom. The van der Waals surface area contributed by atoms with Gasteiger partial charge in [0.2, 0.25) is 0 Å². The normalized spacial score (nSPS) is 12.5. The SMILES string of the molecule is CCCCC/C=C\C/C=C\CCCCCCCCCCCC(=O)OCC(COC(=O)CCCCCCCCCCCCCCCCC/C=C\C/C=C\CCCCCCC)OC(=O)CCCCCCCCCCC/C=C\C/C=C\CCCCC. The first-order chi connectivity index (χ1) is 41.0. The molecule has 0 heterocycles. The summed E-state index contributed by atoms with van der Waals surface area (Å²) in [7, 11) is 0. The summed E-state index contributed by atoms with van der Waals surface area (Å²) in [4.78, 5) is 38.5. The molecule has 0 bridgehead atoms. The minimum absolute atomic E-state index is 0.0755. The van der Waals surface area contributed by atoms with E-state index in [1.165, 1.54) is 263 Å². The maximum Gasteiger partial charge on any atom is 0.306 e. The van der Waals surface area contributed by atoms with Crippen LogP contribution < -0.4 is 0 Å². The Kier molecular flexibility index (Phi) is 68.6. The quantitative estimate of drug-likeness (QED) is 0.0261. The topological polar surface area (TPSA) is 78.9 Å². The molecule has 0 aromatic carbocycles. The molecule has 0 N–H and O–H groups in total. The number of rotatable bonds is 67. The van der Waals surface area contributed by atoms with Crippen LogP contribution in [0.25, 0.3) is 0 Å². The van der Waals surface area contributed by atoms with Gasteiger partial charge >= 0.3 is 17.9 Å². The molecule has 6 nitrogen and oxygen atoms in total. The van der Waals surface area contributed by atoms with Crippen LogP contribution in [0.5, 0.6) is 0 Å². The standard InChI is InChI=1S/C77H138O6/c1-4-7-10-13-16-19-22-25-28-31-34-35-36-37-38-39-40-41-44-46-49-52-55-58-61-64-67-70-76(79)82-73-74(83-77(80)71-68-65-62-59-56-53-50-47-43-33-30-27-24-21-18-15-12-9-6-3)72-81-75(78)69-66-63-60-57-54-51-48-45-42-32-29-26-23-20-17-14-11-8-5-2/h17-18,20-22,25-27,29-31,34,74H,4-16,19,23-24,28,32-33,35-73H2,1-3H3/b20-17-,21-18-,25-22-,29-26-,30-27-,34-31-. The predicted octanol–water partition coefficient (Wildman–Crippen LogP) is 25.2. The molecule has 0 spiro atoms. The first-order valence-corrected chi connectivity index (χ1v) is 36.4. The first kappa shape index (κ1) is 79.8. The van der Waals surface area contributed by atoms with E-state index in [-0.39, 0.29) is 31.1 Å². The van der Waals surface area contributed by atoms with E-state index in [0.717, 1.165) is 77.0 Å². The first-order valence-electron chi connectivity index (χ1n) is 36.4. The van der Waals surface area contributed by atoms with Gasteiger partial charge in [-0.2, -0.15) is 0 Å². The minimum Gasteiger partial charge on any atom is -0.462 e. The molecule has 1 atom stereocenters. The summed E-state index contributed by atoms with van der Waals surface area (Å²) in [6, 6.07) is 0. The highest BCUT2D eigenvalue weighted by Crippen LogP contribution is 2.18. The fourth-order valence-corrected chi connectivity index (χ4v) is 10.7. The van der Waals surface area contributed by atoms with Crippen molar-refractivity contribution in [2.24, 2.45) is 0 Å². The zero-order valence-electron chi connectivity index (χ0n) is 55.5. The summed E-state index contributed by atoms with van der Waals surface area (Å²) in [6.07, 6.45) is 93.5. The highest BCUT2D eigenvalue weighted by molar-refractivity contribution is 5.71. The van der Waals surface area contributed by atoms with Gasteiger partial charge in [-0.05, 0) is 116 Å². The van der Waals surface area contributed by atoms with E-state index in [1.54, 1.807) is 0 Å². The van der Waals surface area contributed by atoms with Crippen molar-refractivity contribution in [2.75, 3.05) is 13.2 Å². The van der Waals surface area contributed by atoms with Gasteiger partial charge in [0.15, 0.2) is 6.10 Å². The largest absolute Gasteiger partial charge is 0.462 e. The Bertz CT molecular complexity index is 1520. The number of unbranched alkanes of at least 4 members (excludes halogenated alkanes) is 44. The Morgan fingerprint density at radius 1 is 0.241 bits per heavy atom. The van der Waals surface area contributed by atoms with Crippen LogP contribution in [-0.2, 0) is 28.6 Å². The van der Waals surface area contributed by atoms with Gasteiger partial charge < -0.3 is 14.2 Å². The van der Waals surface area contributed by atoms with Crippen LogP contribution in [0.15, 0.2) is 72.9 Å². The number of ether oxygens (including phenoxy) is 3. The molecule has 6 heteroatoms. The lowest BCUT2D eigenvalue weighted by Gasteiger charge is -2.18. The molecule has 0 fully saturated rings. The molecule has 0 aliphatic rings. The molecule has 0 aliphatic carbocycles. The van der Waals surface area contributed by atoms with Crippen LogP contribution in [0.1, 0.15) is 380 Å². The molecule has 0 radical (unpaired) electrons. The van der Waals surface area contributed by atoms with Crippen LogP contribution in [-0.4, -0.2) is 37.2 Å². The number of hydrogen-bond donors (Lipinski definition) is 0. The van der Waals surface area contributed by atoms with Gasteiger partial charge in [0.25, 0.3) is 0 Å². The molecule has 0 aliphatic heterocycles. The van der Waals surface area contributed by atoms with Gasteiger partial charge in [0.05, 0.1) is 0 Å². The molecule has 0 rings (SSSR count). The summed E-state index contributed by atoms with van der Waals surface area (Å²) in [5, 5.41) is 0. The van der Waals surface area contributed by atoms with Crippen molar-refractivity contribution in [1.82, 2.24) is 0 Å². The van der Waals surface area contributed by atoms with E-state index in [4.69, 9.17) is 14.2 Å². The molecule has 0 amide bonds. The molecule has 0 aromatic heterocycles. The second-order valence-corrected chi connectivity index (χ2v) is 24.5. The Labute approximate surface area is 516 Å². The van der Waals surface area contributed by atoms with Gasteiger partial charge in [-0.25, -0.2) is 0 Å². The number of carbonyl (C=O) groups excluding carboxylic acids is 3. The smallest absolute Gasteiger partial charge is 0.306 e. The Morgan fingerprint density at radius 2 is 0.434 bits per heavy atom. The van der Waals surface area contributed by atoms with Gasteiger partial charge in [0.1, 0.15) is 13.2 Å². The molecule has 0 saturated heterocycles. The fourth-order valence-electron chi connectivity index (χ4n) is 10.7. The molecule has 482 valence electrons. The summed E-state index contributed by atoms with van der Waals surface area (Å²) in [6.45, 7) is 6.63. The number of carbonyl (C=O) groups is 3. The van der Waals surface area contributed by atoms with Crippen molar-refractivity contribution in [3.05, 3.63) is 72.9 Å². The number of esters is 3. The van der Waals surface area contributed by atoms with Gasteiger partial charge in [-0.1, -0.05) is 318 Å². The number of allylic oxidation sites excluding steroid dienone is 12. The average Bonchev–Trinajstić information content (AvgIpc) is 3.50. The number of hydrogen-bond acceptors (Lipinski definition) is 6. The summed E-state index contributed by atoms with van der Waals surface area (Å²) in [5.74, 6) is -0.861. The van der Waals surface area contributed by atoms with Crippen molar-refractivity contribution in [3.63, 3.8) is 0 Å². The monoisotopic (exact) mass is 1160 g/mol. The van der Waals surface area contributed by atoms with Crippen molar-refractivity contribution >= 4 is 17.9 Å². The fraction of sp³-hybridized carbons (Fsp3) is 0.805. The van der Waals surface area contributed by atoms with Crippen LogP contribution in [0.2, 0.25) is 0 Å². The maximum atomic E-state index is 13.0. The molecule has 83 heavy (non-hydrogen) atoms. The summed E-state index contributed by atoms with van der Waals surface area (Å²) >= 11 is 0. The zero-order chi connectivity index (χ0) is 59.9. The highest BCUT2D eigenvalue weighted by Gasteiger charge is 2.19. The summed E-state index contributed by atoms with van der Waals surface area (Å²) in [5.41, 5.74) is 0. The molecule has 0 saturated carbocycles. The Hall–Kier alpha value is -3.15. The lowest BCUT2D eigenvalue weighted by atomic mass is 10.0. The van der Waals surface area contributed by atoms with E-state index in [2.05, 4.69) is 93.7 Å². The van der Waals surface area contributed by atoms with Crippen LogP contribution in [0, 0.1) is 0 Å². The van der Waals surface area contributed by atoms with Crippen molar-refractivity contribution in [3.8, 4) is 0 Å². The van der Waals surface area contributed by atoms with Crippen molar-refractivity contribution in [1.29, 1.82) is 0 Å². The van der Waals surface area contributed by atoms with E-state index in [1.807, 2.05) is 0 Å².